The number of amides is 1. The zero-order valence-corrected chi connectivity index (χ0v) is 10.0. The Morgan fingerprint density at radius 1 is 1.15 bits per heavy atom. The monoisotopic (exact) mass is 311 g/mol. The molecule has 0 aliphatic rings. The number of aliphatic carboxylic acids is 1. The molecule has 5 nitrogen and oxygen atoms in total. The first kappa shape index (κ1) is 18.5. The van der Waals surface area contributed by atoms with Gasteiger partial charge in [-0.05, 0) is 0 Å². The fraction of sp³-hybridized carbons (Fsp3) is 0.778. The first-order valence-electron chi connectivity index (χ1n) is 5.05. The molecule has 0 saturated heterocycles. The largest absolute Gasteiger partial charge is 0.481 e. The molecular formula is C9H11F6NO4. The van der Waals surface area contributed by atoms with Crippen molar-refractivity contribution in [1.82, 2.24) is 5.32 Å². The molecule has 0 aromatic heterocycles. The van der Waals surface area contributed by atoms with Gasteiger partial charge in [0.05, 0.1) is 12.5 Å². The average Bonchev–Trinajstić information content (AvgIpc) is 2.19. The van der Waals surface area contributed by atoms with E-state index in [1.54, 1.807) is 0 Å². The molecule has 11 heteroatoms. The van der Waals surface area contributed by atoms with Crippen LogP contribution in [0.3, 0.4) is 0 Å². The molecule has 0 spiro atoms. The van der Waals surface area contributed by atoms with Crippen LogP contribution in [0, 0.1) is 5.92 Å². The van der Waals surface area contributed by atoms with Crippen LogP contribution in [0.1, 0.15) is 6.42 Å². The number of carboxylic acids is 1. The lowest BCUT2D eigenvalue weighted by molar-refractivity contribution is -0.274. The van der Waals surface area contributed by atoms with Crippen LogP contribution in [0.4, 0.5) is 26.3 Å². The number of halogens is 6. The Morgan fingerprint density at radius 3 is 1.90 bits per heavy atom. The summed E-state index contributed by atoms with van der Waals surface area (Å²) in [6.07, 6.45) is -13.5. The Bertz CT molecular complexity index is 339. The second-order valence-electron chi connectivity index (χ2n) is 3.72. The number of nitrogens with one attached hydrogen (secondary N) is 1. The molecule has 2 N–H and O–H groups in total. The van der Waals surface area contributed by atoms with E-state index in [9.17, 15) is 35.9 Å². The predicted octanol–water partition coefficient (Wildman–Crippen LogP) is 1.33. The van der Waals surface area contributed by atoms with Gasteiger partial charge >= 0.3 is 18.3 Å². The maximum Gasteiger partial charge on any atom is 0.409 e. The molecule has 0 radical (unpaired) electrons. The lowest BCUT2D eigenvalue weighted by atomic mass is 10.1. The first-order valence-corrected chi connectivity index (χ1v) is 5.05. The lowest BCUT2D eigenvalue weighted by Crippen LogP contribution is -2.49. The number of ether oxygens (including phenoxy) is 1. The molecule has 0 rings (SSSR count). The van der Waals surface area contributed by atoms with Crippen molar-refractivity contribution in [3.8, 4) is 0 Å². The van der Waals surface area contributed by atoms with E-state index in [1.165, 1.54) is 5.32 Å². The van der Waals surface area contributed by atoms with Gasteiger partial charge in [0.15, 0.2) is 0 Å². The number of carboxylic acid groups (broad SMARTS) is 1. The van der Waals surface area contributed by atoms with Crippen LogP contribution >= 0.6 is 0 Å². The van der Waals surface area contributed by atoms with Gasteiger partial charge in [-0.1, -0.05) is 0 Å². The maximum atomic E-state index is 12.2. The Kier molecular flexibility index (Phi) is 6.26. The second-order valence-corrected chi connectivity index (χ2v) is 3.72. The van der Waals surface area contributed by atoms with Crippen molar-refractivity contribution < 1.29 is 45.8 Å². The molecule has 0 aliphatic carbocycles. The quantitative estimate of drug-likeness (QED) is 0.726. The number of carbonyl (C=O) groups is 2. The topological polar surface area (TPSA) is 75.6 Å². The Balaban J connectivity index is 4.75. The molecule has 1 amide bonds. The third kappa shape index (κ3) is 6.08. The van der Waals surface area contributed by atoms with Crippen molar-refractivity contribution in [2.45, 2.75) is 24.9 Å². The Morgan fingerprint density at radius 2 is 1.60 bits per heavy atom. The van der Waals surface area contributed by atoms with Gasteiger partial charge in [-0.25, -0.2) is 0 Å². The van der Waals surface area contributed by atoms with Crippen LogP contribution in [0.15, 0.2) is 0 Å². The van der Waals surface area contributed by atoms with E-state index >= 15 is 0 Å². The first-order chi connectivity index (χ1) is 8.89. The number of alkyl halides is 6. The summed E-state index contributed by atoms with van der Waals surface area (Å²) in [5.74, 6) is -7.86. The van der Waals surface area contributed by atoms with Crippen LogP contribution in [0.2, 0.25) is 0 Å². The highest BCUT2D eigenvalue weighted by Gasteiger charge is 2.61. The number of methoxy groups -OCH3 is 1. The average molecular weight is 311 g/mol. The SMILES string of the molecule is COC(CNC(=O)C(C(F)(F)F)C(F)(F)F)CC(=O)O. The van der Waals surface area contributed by atoms with Gasteiger partial charge in [-0.15, -0.1) is 0 Å². The van der Waals surface area contributed by atoms with Crippen molar-refractivity contribution in [2.75, 3.05) is 13.7 Å². The van der Waals surface area contributed by atoms with Gasteiger partial charge in [0.1, 0.15) is 0 Å². The second kappa shape index (κ2) is 6.77. The summed E-state index contributed by atoms with van der Waals surface area (Å²) in [6.45, 7) is -0.787. The minimum Gasteiger partial charge on any atom is -0.481 e. The predicted molar refractivity (Wildman–Crippen MR) is 51.7 cm³/mol. The summed E-state index contributed by atoms with van der Waals surface area (Å²) in [4.78, 5) is 21.3. The summed E-state index contributed by atoms with van der Waals surface area (Å²) in [6, 6.07) is 0. The van der Waals surface area contributed by atoms with Gasteiger partial charge in [0.2, 0.25) is 11.8 Å². The van der Waals surface area contributed by atoms with E-state index in [-0.39, 0.29) is 0 Å². The van der Waals surface area contributed by atoms with Gasteiger partial charge in [-0.2, -0.15) is 26.3 Å². The van der Waals surface area contributed by atoms with Gasteiger partial charge < -0.3 is 15.2 Å². The third-order valence-electron chi connectivity index (χ3n) is 2.16. The van der Waals surface area contributed by atoms with Gasteiger partial charge in [0, 0.05) is 13.7 Å². The molecule has 0 aliphatic heterocycles. The third-order valence-corrected chi connectivity index (χ3v) is 2.16. The van der Waals surface area contributed by atoms with Crippen LogP contribution < -0.4 is 5.32 Å². The molecule has 0 fully saturated rings. The highest BCUT2D eigenvalue weighted by atomic mass is 19.4. The van der Waals surface area contributed by atoms with E-state index in [0.717, 1.165) is 7.11 Å². The van der Waals surface area contributed by atoms with Crippen molar-refractivity contribution in [3.63, 3.8) is 0 Å². The minimum atomic E-state index is -5.79. The van der Waals surface area contributed by atoms with Gasteiger partial charge in [-0.3, -0.25) is 9.59 Å². The summed E-state index contributed by atoms with van der Waals surface area (Å²) >= 11 is 0. The molecule has 0 heterocycles. The van der Waals surface area contributed by atoms with Crippen LogP contribution in [0.5, 0.6) is 0 Å². The number of rotatable bonds is 6. The molecule has 0 aromatic carbocycles. The van der Waals surface area contributed by atoms with E-state index in [2.05, 4.69) is 4.74 Å². The highest BCUT2D eigenvalue weighted by molar-refractivity contribution is 5.80. The highest BCUT2D eigenvalue weighted by Crippen LogP contribution is 2.39. The molecule has 20 heavy (non-hydrogen) atoms. The van der Waals surface area contributed by atoms with Crippen LogP contribution in [-0.2, 0) is 14.3 Å². The molecule has 0 saturated carbocycles. The standard InChI is InChI=1S/C9H11F6NO4/c1-20-4(2-5(17)18)3-16-7(19)6(8(10,11)12)9(13,14)15/h4,6H,2-3H2,1H3,(H,16,19)(H,17,18). The van der Waals surface area contributed by atoms with Crippen molar-refractivity contribution in [1.29, 1.82) is 0 Å². The fourth-order valence-corrected chi connectivity index (χ4v) is 1.23. The van der Waals surface area contributed by atoms with E-state index in [4.69, 9.17) is 5.11 Å². The number of hydrogen-bond donors (Lipinski definition) is 2. The summed E-state index contributed by atoms with van der Waals surface area (Å²) in [5.41, 5.74) is 0. The van der Waals surface area contributed by atoms with Crippen molar-refractivity contribution in [2.24, 2.45) is 5.92 Å². The van der Waals surface area contributed by atoms with E-state index in [0.29, 0.717) is 0 Å². The summed E-state index contributed by atoms with van der Waals surface area (Å²) < 4.78 is 77.6. The maximum absolute atomic E-state index is 12.2. The normalized spacial score (nSPS) is 14.2. The van der Waals surface area contributed by atoms with Crippen molar-refractivity contribution in [3.05, 3.63) is 0 Å². The number of hydrogen-bond acceptors (Lipinski definition) is 3. The summed E-state index contributed by atoms with van der Waals surface area (Å²) in [7, 11) is 1.00. The van der Waals surface area contributed by atoms with Gasteiger partial charge in [0.25, 0.3) is 0 Å². The van der Waals surface area contributed by atoms with Crippen LogP contribution in [0.25, 0.3) is 0 Å². The zero-order valence-electron chi connectivity index (χ0n) is 10.0. The minimum absolute atomic E-state index is 0.681. The van der Waals surface area contributed by atoms with E-state index in [1.807, 2.05) is 0 Å². The van der Waals surface area contributed by atoms with Crippen LogP contribution in [-0.4, -0.2) is 49.1 Å². The number of carbonyl (C=O) groups excluding carboxylic acids is 1. The molecular weight excluding hydrogens is 300 g/mol. The Labute approximate surface area is 108 Å². The van der Waals surface area contributed by atoms with Crippen molar-refractivity contribution >= 4 is 11.9 Å². The molecule has 1 atom stereocenters. The smallest absolute Gasteiger partial charge is 0.409 e. The lowest BCUT2D eigenvalue weighted by Gasteiger charge is -2.23. The molecule has 0 bridgehead atoms. The molecule has 0 aromatic rings. The molecule has 118 valence electrons. The fourth-order valence-electron chi connectivity index (χ4n) is 1.23. The summed E-state index contributed by atoms with van der Waals surface area (Å²) in [5, 5.41) is 9.78. The van der Waals surface area contributed by atoms with E-state index < -0.39 is 49.2 Å². The Hall–Kier alpha value is -1.52. The molecule has 1 unspecified atom stereocenters. The zero-order chi connectivity index (χ0) is 16.1.